The van der Waals surface area contributed by atoms with Gasteiger partial charge in [0.25, 0.3) is 0 Å². The summed E-state index contributed by atoms with van der Waals surface area (Å²) < 4.78 is 5.87. The Morgan fingerprint density at radius 3 is 2.22 bits per heavy atom. The molecule has 2 rings (SSSR count). The molecule has 1 saturated carbocycles. The molecule has 0 saturated heterocycles. The van der Waals surface area contributed by atoms with Gasteiger partial charge in [0.15, 0.2) is 0 Å². The summed E-state index contributed by atoms with van der Waals surface area (Å²) in [6, 6.07) is 7.80. The number of hydrogen-bond donors (Lipinski definition) is 2. The molecule has 0 aliphatic heterocycles. The lowest BCUT2D eigenvalue weighted by Gasteiger charge is -2.41. The van der Waals surface area contributed by atoms with Crippen molar-refractivity contribution >= 4 is 5.97 Å². The summed E-state index contributed by atoms with van der Waals surface area (Å²) in [4.78, 5) is 13.5. The number of carbonyl (C=O) groups is 1. The summed E-state index contributed by atoms with van der Waals surface area (Å²) >= 11 is 0. The first-order chi connectivity index (χ1) is 12.6. The predicted octanol–water partition coefficient (Wildman–Crippen LogP) is 3.91. The third kappa shape index (κ3) is 5.23. The molecule has 152 valence electrons. The second-order valence-electron chi connectivity index (χ2n) is 8.84. The monoisotopic (exact) mass is 377 g/mol. The van der Waals surface area contributed by atoms with Gasteiger partial charge >= 0.3 is 5.97 Å². The van der Waals surface area contributed by atoms with Gasteiger partial charge < -0.3 is 19.8 Å². The van der Waals surface area contributed by atoms with Gasteiger partial charge in [-0.25, -0.2) is 0 Å². The maximum Gasteiger partial charge on any atom is 0.312 e. The molecule has 2 N–H and O–H groups in total. The van der Waals surface area contributed by atoms with Crippen LogP contribution in [0, 0.1) is 5.41 Å². The number of benzene rings is 1. The molecule has 0 bridgehead atoms. The van der Waals surface area contributed by atoms with Crippen molar-refractivity contribution in [3.05, 3.63) is 29.8 Å². The highest BCUT2D eigenvalue weighted by atomic mass is 16.5. The van der Waals surface area contributed by atoms with Crippen LogP contribution >= 0.6 is 0 Å². The number of carboxylic acids is 1. The van der Waals surface area contributed by atoms with E-state index in [2.05, 4.69) is 4.90 Å². The maximum atomic E-state index is 11.4. The lowest BCUT2D eigenvalue weighted by molar-refractivity contribution is -0.151. The number of likely N-dealkylation sites (N-methyl/N-ethyl adjacent to an activating group) is 1. The van der Waals surface area contributed by atoms with E-state index in [4.69, 9.17) is 4.74 Å². The number of hydrogen-bond acceptors (Lipinski definition) is 4. The molecule has 2 atom stereocenters. The Kier molecular flexibility index (Phi) is 6.92. The fourth-order valence-electron chi connectivity index (χ4n) is 3.77. The van der Waals surface area contributed by atoms with Gasteiger partial charge in [-0.3, -0.25) is 4.79 Å². The molecule has 0 amide bonds. The van der Waals surface area contributed by atoms with Crippen molar-refractivity contribution in [1.29, 1.82) is 0 Å². The lowest BCUT2D eigenvalue weighted by atomic mass is 9.72. The first-order valence-electron chi connectivity index (χ1n) is 9.93. The van der Waals surface area contributed by atoms with E-state index in [-0.39, 0.29) is 5.92 Å². The molecule has 5 heteroatoms. The third-order valence-electron chi connectivity index (χ3n) is 6.08. The van der Waals surface area contributed by atoms with Crippen molar-refractivity contribution in [3.63, 3.8) is 0 Å². The van der Waals surface area contributed by atoms with Crippen LogP contribution in [0.4, 0.5) is 0 Å². The Hall–Kier alpha value is -1.59. The molecule has 0 spiro atoms. The normalized spacial score (nSPS) is 19.5. The van der Waals surface area contributed by atoms with E-state index in [1.165, 1.54) is 6.42 Å². The second-order valence-corrected chi connectivity index (χ2v) is 8.84. The van der Waals surface area contributed by atoms with Gasteiger partial charge in [-0.05, 0) is 65.4 Å². The van der Waals surface area contributed by atoms with E-state index < -0.39 is 23.1 Å². The first kappa shape index (κ1) is 21.7. The molecule has 27 heavy (non-hydrogen) atoms. The average Bonchev–Trinajstić information content (AvgIpc) is 2.60. The maximum absolute atomic E-state index is 11.4. The molecular weight excluding hydrogens is 342 g/mol. The largest absolute Gasteiger partial charge is 0.490 e. The van der Waals surface area contributed by atoms with Gasteiger partial charge in [-0.15, -0.1) is 0 Å². The Morgan fingerprint density at radius 1 is 1.19 bits per heavy atom. The van der Waals surface area contributed by atoms with Crippen LogP contribution in [-0.4, -0.2) is 53.4 Å². The smallest absolute Gasteiger partial charge is 0.312 e. The molecule has 1 aliphatic rings. The topological polar surface area (TPSA) is 70.0 Å². The fraction of sp³-hybridized carbons (Fsp3) is 0.682. The molecule has 0 aromatic heterocycles. The Balaban J connectivity index is 2.18. The average molecular weight is 378 g/mol. The predicted molar refractivity (Wildman–Crippen MR) is 107 cm³/mol. The summed E-state index contributed by atoms with van der Waals surface area (Å²) in [5, 5.41) is 20.6. The zero-order chi connectivity index (χ0) is 20.2. The highest BCUT2D eigenvalue weighted by molar-refractivity contribution is 5.74. The zero-order valence-corrected chi connectivity index (χ0v) is 17.4. The zero-order valence-electron chi connectivity index (χ0n) is 17.4. The number of ether oxygens (including phenoxy) is 1. The summed E-state index contributed by atoms with van der Waals surface area (Å²) in [6.45, 7) is 5.90. The van der Waals surface area contributed by atoms with Gasteiger partial charge in [0.05, 0.1) is 11.0 Å². The molecule has 1 aromatic rings. The van der Waals surface area contributed by atoms with Gasteiger partial charge in [0.1, 0.15) is 11.9 Å². The van der Waals surface area contributed by atoms with Crippen molar-refractivity contribution in [2.45, 2.75) is 70.5 Å². The van der Waals surface area contributed by atoms with Crippen LogP contribution in [0.5, 0.6) is 5.75 Å². The summed E-state index contributed by atoms with van der Waals surface area (Å²) in [5.41, 5.74) is -0.530. The third-order valence-corrected chi connectivity index (χ3v) is 6.08. The molecule has 2 unspecified atom stereocenters. The number of rotatable bonds is 8. The molecule has 1 fully saturated rings. The van der Waals surface area contributed by atoms with Crippen molar-refractivity contribution in [2.75, 3.05) is 20.6 Å². The number of nitrogens with zero attached hydrogens (tertiary/aromatic N) is 1. The summed E-state index contributed by atoms with van der Waals surface area (Å²) in [5.74, 6) is -0.174. The van der Waals surface area contributed by atoms with Gasteiger partial charge in [0, 0.05) is 12.5 Å². The van der Waals surface area contributed by atoms with Gasteiger partial charge in [-0.2, -0.15) is 0 Å². The molecule has 1 aromatic carbocycles. The first-order valence-corrected chi connectivity index (χ1v) is 9.93. The molecule has 1 aliphatic carbocycles. The molecule has 5 nitrogen and oxygen atoms in total. The highest BCUT2D eigenvalue weighted by Gasteiger charge is 2.39. The SMILES string of the molecule is CC(Oc1ccc(C(CN(C)C)C2(O)CCCCC2)cc1)C(C)(C)C(=O)O. The minimum Gasteiger partial charge on any atom is -0.490 e. The van der Waals surface area contributed by atoms with E-state index >= 15 is 0 Å². The minimum absolute atomic E-state index is 0.0507. The van der Waals surface area contributed by atoms with E-state index in [0.29, 0.717) is 5.75 Å². The van der Waals surface area contributed by atoms with E-state index in [1.54, 1.807) is 20.8 Å². The van der Waals surface area contributed by atoms with Crippen LogP contribution < -0.4 is 4.74 Å². The van der Waals surface area contributed by atoms with Crippen LogP contribution in [0.2, 0.25) is 0 Å². The fourth-order valence-corrected chi connectivity index (χ4v) is 3.77. The number of aliphatic carboxylic acids is 1. The van der Waals surface area contributed by atoms with Crippen LogP contribution in [-0.2, 0) is 4.79 Å². The molecule has 0 radical (unpaired) electrons. The molecular formula is C22H35NO4. The van der Waals surface area contributed by atoms with E-state index in [1.807, 2.05) is 38.4 Å². The molecule has 0 heterocycles. The van der Waals surface area contributed by atoms with E-state index in [0.717, 1.165) is 37.8 Å². The summed E-state index contributed by atoms with van der Waals surface area (Å²) in [6.07, 6.45) is 4.57. The Labute approximate surface area is 163 Å². The lowest BCUT2D eigenvalue weighted by Crippen LogP contribution is -2.42. The van der Waals surface area contributed by atoms with Crippen LogP contribution in [0.25, 0.3) is 0 Å². The standard InChI is InChI=1S/C22H35NO4/c1-16(21(2,3)20(24)25)27-18-11-9-17(10-12-18)19(15-23(4)5)22(26)13-7-6-8-14-22/h9-12,16,19,26H,6-8,13-15H2,1-5H3,(H,24,25). The van der Waals surface area contributed by atoms with Gasteiger partial charge in [0.2, 0.25) is 0 Å². The van der Waals surface area contributed by atoms with Crippen LogP contribution in [0.1, 0.15) is 64.4 Å². The van der Waals surface area contributed by atoms with Crippen molar-refractivity contribution < 1.29 is 19.7 Å². The minimum atomic E-state index is -0.969. The number of aliphatic hydroxyl groups is 1. The Morgan fingerprint density at radius 2 is 1.74 bits per heavy atom. The second kappa shape index (κ2) is 8.61. The van der Waals surface area contributed by atoms with Crippen molar-refractivity contribution in [3.8, 4) is 5.75 Å². The van der Waals surface area contributed by atoms with Gasteiger partial charge in [-0.1, -0.05) is 31.4 Å². The summed E-state index contributed by atoms with van der Waals surface area (Å²) in [7, 11) is 4.07. The Bertz CT molecular complexity index is 618. The van der Waals surface area contributed by atoms with E-state index in [9.17, 15) is 15.0 Å². The van der Waals surface area contributed by atoms with Crippen molar-refractivity contribution in [1.82, 2.24) is 4.90 Å². The van der Waals surface area contributed by atoms with Crippen molar-refractivity contribution in [2.24, 2.45) is 5.41 Å². The van der Waals surface area contributed by atoms with Crippen LogP contribution in [0.15, 0.2) is 24.3 Å². The van der Waals surface area contributed by atoms with Crippen LogP contribution in [0.3, 0.4) is 0 Å². The number of carboxylic acid groups (broad SMARTS) is 1. The highest BCUT2D eigenvalue weighted by Crippen LogP contribution is 2.40. The quantitative estimate of drug-likeness (QED) is 0.719.